The normalized spacial score (nSPS) is 17.6. The number of urea groups is 1. The van der Waals surface area contributed by atoms with Crippen LogP contribution in [0.15, 0.2) is 48.8 Å². The molecule has 1 aliphatic carbocycles. The minimum absolute atomic E-state index is 0.0267. The molecule has 1 aliphatic rings. The van der Waals surface area contributed by atoms with Crippen molar-refractivity contribution >= 4 is 34.4 Å². The average Bonchev–Trinajstić information content (AvgIpc) is 3.47. The first-order valence-electron chi connectivity index (χ1n) is 11.0. The van der Waals surface area contributed by atoms with Crippen LogP contribution in [0, 0.1) is 11.8 Å². The Bertz CT molecular complexity index is 1220. The van der Waals surface area contributed by atoms with Gasteiger partial charge in [-0.1, -0.05) is 19.1 Å². The van der Waals surface area contributed by atoms with E-state index in [2.05, 4.69) is 25.7 Å². The molecule has 3 aromatic rings. The number of amides is 2. The zero-order valence-corrected chi connectivity index (χ0v) is 19.1. The fraction of sp³-hybridized carbons (Fsp3) is 0.333. The third-order valence-electron chi connectivity index (χ3n) is 6.01. The van der Waals surface area contributed by atoms with Gasteiger partial charge < -0.3 is 15.0 Å². The average molecular weight is 449 g/mol. The first-order valence-corrected chi connectivity index (χ1v) is 11.0. The Balaban J connectivity index is 1.72. The predicted molar refractivity (Wildman–Crippen MR) is 127 cm³/mol. The van der Waals surface area contributed by atoms with E-state index in [1.165, 1.54) is 0 Å². The highest BCUT2D eigenvalue weighted by molar-refractivity contribution is 6.05. The van der Waals surface area contributed by atoms with Crippen LogP contribution in [-0.4, -0.2) is 51.3 Å². The Kier molecular flexibility index (Phi) is 6.41. The van der Waals surface area contributed by atoms with Crippen LogP contribution in [0.1, 0.15) is 26.3 Å². The summed E-state index contributed by atoms with van der Waals surface area (Å²) in [6.07, 6.45) is 9.09. The number of aromatic amines is 1. The molecule has 0 saturated heterocycles. The van der Waals surface area contributed by atoms with Crippen molar-refractivity contribution in [3.63, 3.8) is 0 Å². The minimum atomic E-state index is -0.341. The number of hydrogen-bond donors (Lipinski definition) is 3. The molecule has 0 bridgehead atoms. The molecule has 0 aliphatic heterocycles. The van der Waals surface area contributed by atoms with Gasteiger partial charge in [-0.15, -0.1) is 0 Å². The molecule has 0 fully saturated rings. The Labute approximate surface area is 191 Å². The van der Waals surface area contributed by atoms with Gasteiger partial charge in [0.2, 0.25) is 5.95 Å². The molecule has 1 unspecified atom stereocenters. The molecule has 2 heterocycles. The molecule has 9 heteroatoms. The van der Waals surface area contributed by atoms with Crippen molar-refractivity contribution in [1.82, 2.24) is 25.1 Å². The van der Waals surface area contributed by atoms with Gasteiger partial charge in [-0.2, -0.15) is 5.10 Å². The summed E-state index contributed by atoms with van der Waals surface area (Å²) in [5.74, 6) is 0.211. The number of rotatable bonds is 7. The number of nitrogens with zero attached hydrogens (tertiary/aromatic N) is 3. The molecule has 3 N–H and O–H groups in total. The first-order chi connectivity index (χ1) is 15.9. The maximum Gasteiger partial charge on any atom is 0.321 e. The van der Waals surface area contributed by atoms with Crippen LogP contribution < -0.4 is 10.6 Å². The second-order valence-electron chi connectivity index (χ2n) is 8.10. The van der Waals surface area contributed by atoms with Crippen molar-refractivity contribution in [1.29, 1.82) is 0 Å². The summed E-state index contributed by atoms with van der Waals surface area (Å²) < 4.78 is 7.13. The number of carbonyl (C=O) groups is 2. The number of methoxy groups -OCH3 is 1. The van der Waals surface area contributed by atoms with Crippen LogP contribution in [0.2, 0.25) is 0 Å². The van der Waals surface area contributed by atoms with Gasteiger partial charge in [0.05, 0.1) is 22.8 Å². The van der Waals surface area contributed by atoms with Crippen LogP contribution in [0.3, 0.4) is 0 Å². The maximum absolute atomic E-state index is 12.9. The highest BCUT2D eigenvalue weighted by Crippen LogP contribution is 2.32. The molecule has 2 amide bonds. The van der Waals surface area contributed by atoms with Gasteiger partial charge in [0, 0.05) is 32.0 Å². The highest BCUT2D eigenvalue weighted by Gasteiger charge is 2.28. The Hall–Kier alpha value is -3.72. The standard InChI is InChI=1S/C24H28N6O3/c1-5-25-24(32)29-23-27-19-11-17(12-20(22(19)28-23)30-10-6-9-26-30)16-7-8-18(21(31)13-16)14(2)15(3)33-4/h6-15,18H,5H2,1-4H3,(H3,25,27,28,29,32)/t14-,15+,18?/m0/s1. The summed E-state index contributed by atoms with van der Waals surface area (Å²) in [5, 5.41) is 9.74. The van der Waals surface area contributed by atoms with E-state index in [0.29, 0.717) is 18.0 Å². The summed E-state index contributed by atoms with van der Waals surface area (Å²) in [7, 11) is 1.66. The molecule has 9 nitrogen and oxygen atoms in total. The number of anilines is 1. The number of ketones is 1. The van der Waals surface area contributed by atoms with Crippen molar-refractivity contribution in [2.24, 2.45) is 11.8 Å². The van der Waals surface area contributed by atoms with Gasteiger partial charge in [-0.05, 0) is 55.2 Å². The lowest BCUT2D eigenvalue weighted by atomic mass is 9.81. The third kappa shape index (κ3) is 4.58. The SMILES string of the molecule is CCNC(=O)Nc1nc2cc(C3=CC(=O)C([C@@H](C)[C@@H](C)OC)C=C3)cc(-n3cccn3)c2[nH]1. The van der Waals surface area contributed by atoms with Gasteiger partial charge in [0.1, 0.15) is 0 Å². The molecule has 33 heavy (non-hydrogen) atoms. The molecule has 0 saturated carbocycles. The lowest BCUT2D eigenvalue weighted by molar-refractivity contribution is -0.119. The lowest BCUT2D eigenvalue weighted by Crippen LogP contribution is -2.29. The maximum atomic E-state index is 12.9. The second-order valence-corrected chi connectivity index (χ2v) is 8.10. The number of ether oxygens (including phenoxy) is 1. The number of hydrogen-bond acceptors (Lipinski definition) is 5. The summed E-state index contributed by atoms with van der Waals surface area (Å²) in [4.78, 5) is 32.6. The smallest absolute Gasteiger partial charge is 0.321 e. The molecule has 4 rings (SSSR count). The van der Waals surface area contributed by atoms with Crippen molar-refractivity contribution in [3.05, 3.63) is 54.4 Å². The lowest BCUT2D eigenvalue weighted by Gasteiger charge is -2.26. The fourth-order valence-corrected chi connectivity index (χ4v) is 3.95. The number of H-pyrrole nitrogens is 1. The van der Waals surface area contributed by atoms with Gasteiger partial charge in [0.15, 0.2) is 5.78 Å². The predicted octanol–water partition coefficient (Wildman–Crippen LogP) is 3.70. The number of nitrogens with one attached hydrogen (secondary N) is 3. The summed E-state index contributed by atoms with van der Waals surface area (Å²) in [5.41, 5.74) is 3.76. The van der Waals surface area contributed by atoms with Gasteiger partial charge >= 0.3 is 6.03 Å². The molecule has 0 spiro atoms. The minimum Gasteiger partial charge on any atom is -0.381 e. The van der Waals surface area contributed by atoms with Crippen LogP contribution in [0.25, 0.3) is 22.3 Å². The van der Waals surface area contributed by atoms with E-state index in [1.807, 2.05) is 57.3 Å². The zero-order chi connectivity index (χ0) is 23.5. The molecule has 3 atom stereocenters. The van der Waals surface area contributed by atoms with E-state index < -0.39 is 0 Å². The molecular formula is C24H28N6O3. The van der Waals surface area contributed by atoms with E-state index in [4.69, 9.17) is 4.74 Å². The number of fused-ring (bicyclic) bond motifs is 1. The third-order valence-corrected chi connectivity index (χ3v) is 6.01. The first kappa shape index (κ1) is 22.5. The Morgan fingerprint density at radius 1 is 1.33 bits per heavy atom. The number of imidazole rings is 1. The van der Waals surface area contributed by atoms with E-state index in [0.717, 1.165) is 22.3 Å². The molecule has 2 aromatic heterocycles. The number of benzene rings is 1. The second kappa shape index (κ2) is 9.41. The van der Waals surface area contributed by atoms with Crippen LogP contribution in [0.4, 0.5) is 10.7 Å². The fourth-order valence-electron chi connectivity index (χ4n) is 3.95. The monoisotopic (exact) mass is 448 g/mol. The van der Waals surface area contributed by atoms with Gasteiger partial charge in [-0.25, -0.2) is 14.5 Å². The van der Waals surface area contributed by atoms with Crippen molar-refractivity contribution in [2.75, 3.05) is 19.0 Å². The van der Waals surface area contributed by atoms with Crippen molar-refractivity contribution < 1.29 is 14.3 Å². The van der Waals surface area contributed by atoms with Gasteiger partial charge in [-0.3, -0.25) is 10.1 Å². The van der Waals surface area contributed by atoms with Crippen molar-refractivity contribution in [2.45, 2.75) is 26.9 Å². The van der Waals surface area contributed by atoms with Crippen molar-refractivity contribution in [3.8, 4) is 5.69 Å². The van der Waals surface area contributed by atoms with Gasteiger partial charge in [0.25, 0.3) is 0 Å². The quantitative estimate of drug-likeness (QED) is 0.510. The van der Waals surface area contributed by atoms with E-state index >= 15 is 0 Å². The number of aromatic nitrogens is 4. The van der Waals surface area contributed by atoms with Crippen LogP contribution in [-0.2, 0) is 9.53 Å². The molecule has 0 radical (unpaired) electrons. The Morgan fingerprint density at radius 3 is 2.82 bits per heavy atom. The summed E-state index contributed by atoms with van der Waals surface area (Å²) >= 11 is 0. The largest absolute Gasteiger partial charge is 0.381 e. The topological polar surface area (TPSA) is 114 Å². The van der Waals surface area contributed by atoms with E-state index in [1.54, 1.807) is 24.1 Å². The highest BCUT2D eigenvalue weighted by atomic mass is 16.5. The molecule has 172 valence electrons. The number of allylic oxidation sites excluding steroid dienone is 4. The zero-order valence-electron chi connectivity index (χ0n) is 19.1. The summed E-state index contributed by atoms with van der Waals surface area (Å²) in [6, 6.07) is 5.34. The number of carbonyl (C=O) groups excluding carboxylic acids is 2. The van der Waals surface area contributed by atoms with E-state index in [9.17, 15) is 9.59 Å². The summed E-state index contributed by atoms with van der Waals surface area (Å²) in [6.45, 7) is 6.34. The van der Waals surface area contributed by atoms with E-state index in [-0.39, 0.29) is 29.8 Å². The molecular weight excluding hydrogens is 420 g/mol. The Morgan fingerprint density at radius 2 is 2.15 bits per heavy atom. The molecule has 1 aromatic carbocycles. The van der Waals surface area contributed by atoms with Crippen LogP contribution in [0.5, 0.6) is 0 Å². The van der Waals surface area contributed by atoms with Crippen LogP contribution >= 0.6 is 0 Å².